The summed E-state index contributed by atoms with van der Waals surface area (Å²) < 4.78 is 21.4. The van der Waals surface area contributed by atoms with Crippen molar-refractivity contribution in [3.05, 3.63) is 41.3 Å². The van der Waals surface area contributed by atoms with Crippen molar-refractivity contribution in [2.24, 2.45) is 5.92 Å². The zero-order valence-electron chi connectivity index (χ0n) is 15.7. The maximum Gasteiger partial charge on any atom is 0.329 e. The van der Waals surface area contributed by atoms with Gasteiger partial charge in [-0.25, -0.2) is 9.78 Å². The van der Waals surface area contributed by atoms with Crippen molar-refractivity contribution >= 4 is 23.4 Å². The number of carbonyl (C=O) groups is 1. The lowest BCUT2D eigenvalue weighted by Gasteiger charge is -2.33. The van der Waals surface area contributed by atoms with E-state index in [4.69, 9.17) is 30.5 Å². The highest BCUT2D eigenvalue weighted by Gasteiger charge is 2.35. The summed E-state index contributed by atoms with van der Waals surface area (Å²) in [5.41, 5.74) is 0.941. The van der Waals surface area contributed by atoms with Crippen molar-refractivity contribution in [1.29, 1.82) is 0 Å². The maximum absolute atomic E-state index is 12.3. The topological polar surface area (TPSA) is 91.8 Å². The molecular weight excluding hydrogens is 386 g/mol. The standard InChI is InChI=1S/C19H22ClN3O5/c1-3-27-18(24)16(13-10-26-11-13)22-17-15(8-21-19(20)23-17)28-9-12-4-6-14(25-2)7-5-12/h4-8,13,16H,3,9-11H2,1-2H3,(H,21,22,23). The quantitative estimate of drug-likeness (QED) is 0.501. The lowest BCUT2D eigenvalue weighted by atomic mass is 9.98. The molecule has 2 aromatic rings. The third-order valence-electron chi connectivity index (χ3n) is 4.25. The molecule has 1 unspecified atom stereocenters. The molecule has 0 saturated carbocycles. The Kier molecular flexibility index (Phi) is 6.89. The molecule has 1 aliphatic heterocycles. The maximum atomic E-state index is 12.3. The van der Waals surface area contributed by atoms with E-state index in [1.165, 1.54) is 6.20 Å². The first kappa shape index (κ1) is 20.2. The van der Waals surface area contributed by atoms with E-state index in [9.17, 15) is 4.79 Å². The normalized spacial score (nSPS) is 14.7. The van der Waals surface area contributed by atoms with Crippen molar-refractivity contribution in [3.63, 3.8) is 0 Å². The first-order valence-corrected chi connectivity index (χ1v) is 9.27. The van der Waals surface area contributed by atoms with Gasteiger partial charge in [0, 0.05) is 5.92 Å². The molecule has 28 heavy (non-hydrogen) atoms. The predicted octanol–water partition coefficient (Wildman–Crippen LogP) is 2.71. The van der Waals surface area contributed by atoms with E-state index in [1.54, 1.807) is 14.0 Å². The Balaban J connectivity index is 1.74. The summed E-state index contributed by atoms with van der Waals surface area (Å²) in [6.45, 7) is 3.28. The van der Waals surface area contributed by atoms with Gasteiger partial charge < -0.3 is 24.3 Å². The number of hydrogen-bond donors (Lipinski definition) is 1. The van der Waals surface area contributed by atoms with E-state index < -0.39 is 6.04 Å². The van der Waals surface area contributed by atoms with E-state index in [1.807, 2.05) is 24.3 Å². The number of anilines is 1. The molecule has 150 valence electrons. The second-order valence-corrected chi connectivity index (χ2v) is 6.50. The molecule has 9 heteroatoms. The minimum atomic E-state index is -0.608. The van der Waals surface area contributed by atoms with Crippen LogP contribution in [0.1, 0.15) is 12.5 Å². The number of nitrogens with one attached hydrogen (secondary N) is 1. The zero-order chi connectivity index (χ0) is 19.9. The average molecular weight is 408 g/mol. The van der Waals surface area contributed by atoms with Crippen molar-refractivity contribution < 1.29 is 23.7 Å². The van der Waals surface area contributed by atoms with Crippen molar-refractivity contribution in [2.45, 2.75) is 19.6 Å². The van der Waals surface area contributed by atoms with Gasteiger partial charge in [0.2, 0.25) is 5.28 Å². The molecule has 1 atom stereocenters. The van der Waals surface area contributed by atoms with Crippen LogP contribution in [0, 0.1) is 5.92 Å². The second kappa shape index (κ2) is 9.57. The van der Waals surface area contributed by atoms with Gasteiger partial charge in [-0.05, 0) is 36.2 Å². The first-order valence-electron chi connectivity index (χ1n) is 8.90. The molecule has 0 bridgehead atoms. The molecule has 1 fully saturated rings. The largest absolute Gasteiger partial charge is 0.497 e. The van der Waals surface area contributed by atoms with E-state index in [2.05, 4.69) is 15.3 Å². The van der Waals surface area contributed by atoms with Crippen LogP contribution in [-0.2, 0) is 20.9 Å². The van der Waals surface area contributed by atoms with Crippen molar-refractivity contribution in [1.82, 2.24) is 9.97 Å². The van der Waals surface area contributed by atoms with Gasteiger partial charge in [0.25, 0.3) is 0 Å². The van der Waals surface area contributed by atoms with Gasteiger partial charge in [-0.3, -0.25) is 0 Å². The van der Waals surface area contributed by atoms with Gasteiger partial charge in [0.15, 0.2) is 11.6 Å². The number of methoxy groups -OCH3 is 1. The molecule has 2 heterocycles. The van der Waals surface area contributed by atoms with Crippen LogP contribution in [0.2, 0.25) is 5.28 Å². The Bertz CT molecular complexity index is 799. The Morgan fingerprint density at radius 3 is 2.71 bits per heavy atom. The highest BCUT2D eigenvalue weighted by Crippen LogP contribution is 2.27. The van der Waals surface area contributed by atoms with E-state index in [0.29, 0.717) is 31.4 Å². The Morgan fingerprint density at radius 1 is 1.36 bits per heavy atom. The van der Waals surface area contributed by atoms with E-state index >= 15 is 0 Å². The minimum absolute atomic E-state index is 0.0118. The first-order chi connectivity index (χ1) is 13.6. The van der Waals surface area contributed by atoms with Crippen LogP contribution in [0.25, 0.3) is 0 Å². The summed E-state index contributed by atoms with van der Waals surface area (Å²) in [5.74, 6) is 1.10. The lowest BCUT2D eigenvalue weighted by Crippen LogP contribution is -2.47. The summed E-state index contributed by atoms with van der Waals surface area (Å²) in [5, 5.41) is 3.14. The minimum Gasteiger partial charge on any atom is -0.497 e. The molecule has 8 nitrogen and oxygen atoms in total. The fourth-order valence-electron chi connectivity index (χ4n) is 2.64. The Morgan fingerprint density at radius 2 is 2.11 bits per heavy atom. The smallest absolute Gasteiger partial charge is 0.329 e. The Labute approximate surface area is 168 Å². The summed E-state index contributed by atoms with van der Waals surface area (Å²) in [6, 6.07) is 6.89. The SMILES string of the molecule is CCOC(=O)C(Nc1nc(Cl)ncc1OCc1ccc(OC)cc1)C1COC1. The number of rotatable bonds is 9. The Hall–Kier alpha value is -2.58. The van der Waals surface area contributed by atoms with Crippen LogP contribution in [0.3, 0.4) is 0 Å². The molecule has 1 N–H and O–H groups in total. The number of hydrogen-bond acceptors (Lipinski definition) is 8. The van der Waals surface area contributed by atoms with Crippen LogP contribution in [0.15, 0.2) is 30.5 Å². The molecule has 0 spiro atoms. The third-order valence-corrected chi connectivity index (χ3v) is 4.43. The van der Waals surface area contributed by atoms with Crippen molar-refractivity contribution in [3.8, 4) is 11.5 Å². The molecule has 0 amide bonds. The number of carbonyl (C=O) groups excluding carboxylic acids is 1. The third kappa shape index (κ3) is 5.02. The fraction of sp³-hybridized carbons (Fsp3) is 0.421. The summed E-state index contributed by atoms with van der Waals surface area (Å²) in [6.07, 6.45) is 1.47. The van der Waals surface area contributed by atoms with Gasteiger partial charge in [-0.1, -0.05) is 12.1 Å². The van der Waals surface area contributed by atoms with Crippen LogP contribution in [0.4, 0.5) is 5.82 Å². The summed E-state index contributed by atoms with van der Waals surface area (Å²) in [4.78, 5) is 20.5. The van der Waals surface area contributed by atoms with Crippen LogP contribution < -0.4 is 14.8 Å². The number of halogens is 1. The molecule has 0 radical (unpaired) electrons. The van der Waals surface area contributed by atoms with Gasteiger partial charge in [-0.15, -0.1) is 0 Å². The van der Waals surface area contributed by atoms with Crippen molar-refractivity contribution in [2.75, 3.05) is 32.2 Å². The molecular formula is C19H22ClN3O5. The number of esters is 1. The fourth-order valence-corrected chi connectivity index (χ4v) is 2.77. The molecule has 1 aliphatic rings. The lowest BCUT2D eigenvalue weighted by molar-refractivity contribution is -0.150. The highest BCUT2D eigenvalue weighted by molar-refractivity contribution is 6.28. The summed E-state index contributed by atoms with van der Waals surface area (Å²) >= 11 is 5.95. The number of benzene rings is 1. The molecule has 1 aromatic heterocycles. The van der Waals surface area contributed by atoms with Gasteiger partial charge in [-0.2, -0.15) is 4.98 Å². The summed E-state index contributed by atoms with van der Waals surface area (Å²) in [7, 11) is 1.61. The zero-order valence-corrected chi connectivity index (χ0v) is 16.4. The van der Waals surface area contributed by atoms with E-state index in [-0.39, 0.29) is 23.8 Å². The highest BCUT2D eigenvalue weighted by atomic mass is 35.5. The number of nitrogens with zero attached hydrogens (tertiary/aromatic N) is 2. The monoisotopic (exact) mass is 407 g/mol. The molecule has 1 saturated heterocycles. The molecule has 3 rings (SSSR count). The second-order valence-electron chi connectivity index (χ2n) is 6.16. The average Bonchev–Trinajstić information content (AvgIpc) is 2.66. The predicted molar refractivity (Wildman–Crippen MR) is 103 cm³/mol. The van der Waals surface area contributed by atoms with Gasteiger partial charge >= 0.3 is 5.97 Å². The number of ether oxygens (including phenoxy) is 4. The molecule has 1 aromatic carbocycles. The van der Waals surface area contributed by atoms with Gasteiger partial charge in [0.05, 0.1) is 33.1 Å². The van der Waals surface area contributed by atoms with Crippen LogP contribution in [0.5, 0.6) is 11.5 Å². The number of aromatic nitrogens is 2. The van der Waals surface area contributed by atoms with Gasteiger partial charge in [0.1, 0.15) is 18.4 Å². The van der Waals surface area contributed by atoms with E-state index in [0.717, 1.165) is 11.3 Å². The van der Waals surface area contributed by atoms with Crippen LogP contribution >= 0.6 is 11.6 Å². The molecule has 0 aliphatic carbocycles. The van der Waals surface area contributed by atoms with Crippen LogP contribution in [-0.4, -0.2) is 48.9 Å².